The molecule has 0 saturated carbocycles. The molecular weight excluding hydrogens is 256 g/mol. The number of ether oxygens (including phenoxy) is 2. The lowest BCUT2D eigenvalue weighted by Crippen LogP contribution is -2.37. The maximum Gasteiger partial charge on any atom is 0.164 e. The van der Waals surface area contributed by atoms with E-state index >= 15 is 0 Å². The van der Waals surface area contributed by atoms with Crippen LogP contribution in [0.5, 0.6) is 5.75 Å². The van der Waals surface area contributed by atoms with Crippen LogP contribution in [-0.2, 0) is 4.74 Å². The minimum atomic E-state index is 0.187. The van der Waals surface area contributed by atoms with E-state index in [1.165, 1.54) is 0 Å². The Morgan fingerprint density at radius 3 is 2.95 bits per heavy atom. The number of carbonyl (C=O) groups is 1. The summed E-state index contributed by atoms with van der Waals surface area (Å²) in [5.41, 5.74) is 1.68. The topological polar surface area (TPSA) is 50.8 Å². The van der Waals surface area contributed by atoms with Crippen molar-refractivity contribution in [3.8, 4) is 5.75 Å². The standard InChI is InChI=1S/C15H20N2O3/c18-14(3-5-17-6-9-19-10-7-17)12-1-2-15-13(11-12)16-4-8-20-15/h1-2,11,16H,3-10H2. The molecule has 2 aliphatic rings. The third-order valence-corrected chi connectivity index (χ3v) is 3.74. The molecule has 1 aromatic rings. The molecule has 0 unspecified atom stereocenters. The van der Waals surface area contributed by atoms with Crippen molar-refractivity contribution in [2.24, 2.45) is 0 Å². The fourth-order valence-corrected chi connectivity index (χ4v) is 2.54. The van der Waals surface area contributed by atoms with Crippen molar-refractivity contribution >= 4 is 11.5 Å². The lowest BCUT2D eigenvalue weighted by atomic mass is 10.1. The van der Waals surface area contributed by atoms with E-state index in [-0.39, 0.29) is 5.78 Å². The van der Waals surface area contributed by atoms with Gasteiger partial charge in [0.05, 0.1) is 18.9 Å². The molecular formula is C15H20N2O3. The van der Waals surface area contributed by atoms with Crippen molar-refractivity contribution in [3.05, 3.63) is 23.8 Å². The predicted octanol–water partition coefficient (Wildman–Crippen LogP) is 1.40. The largest absolute Gasteiger partial charge is 0.490 e. The molecule has 20 heavy (non-hydrogen) atoms. The summed E-state index contributed by atoms with van der Waals surface area (Å²) in [6.07, 6.45) is 0.555. The zero-order valence-electron chi connectivity index (χ0n) is 11.6. The Kier molecular flexibility index (Phi) is 4.18. The molecule has 5 heteroatoms. The first-order valence-electron chi connectivity index (χ1n) is 7.17. The van der Waals surface area contributed by atoms with Crippen LogP contribution in [0.4, 0.5) is 5.69 Å². The van der Waals surface area contributed by atoms with Gasteiger partial charge in [-0.15, -0.1) is 0 Å². The van der Waals surface area contributed by atoms with Crippen LogP contribution in [0.15, 0.2) is 18.2 Å². The van der Waals surface area contributed by atoms with Gasteiger partial charge < -0.3 is 14.8 Å². The third kappa shape index (κ3) is 3.11. The lowest BCUT2D eigenvalue weighted by molar-refractivity contribution is 0.0370. The zero-order valence-corrected chi connectivity index (χ0v) is 11.6. The van der Waals surface area contributed by atoms with Gasteiger partial charge in [0.15, 0.2) is 5.78 Å². The Morgan fingerprint density at radius 1 is 1.25 bits per heavy atom. The van der Waals surface area contributed by atoms with Crippen molar-refractivity contribution < 1.29 is 14.3 Å². The van der Waals surface area contributed by atoms with E-state index < -0.39 is 0 Å². The van der Waals surface area contributed by atoms with Gasteiger partial charge in [-0.3, -0.25) is 9.69 Å². The molecule has 3 rings (SSSR count). The van der Waals surface area contributed by atoms with Gasteiger partial charge >= 0.3 is 0 Å². The fraction of sp³-hybridized carbons (Fsp3) is 0.533. The van der Waals surface area contributed by atoms with Gasteiger partial charge in [-0.1, -0.05) is 0 Å². The van der Waals surface area contributed by atoms with Crippen LogP contribution < -0.4 is 10.1 Å². The number of hydrogen-bond donors (Lipinski definition) is 1. The van der Waals surface area contributed by atoms with Gasteiger partial charge in [0.25, 0.3) is 0 Å². The SMILES string of the molecule is O=C(CCN1CCOCC1)c1ccc2c(c1)NCCO2. The summed E-state index contributed by atoms with van der Waals surface area (Å²) >= 11 is 0. The number of ketones is 1. The predicted molar refractivity (Wildman–Crippen MR) is 76.6 cm³/mol. The quantitative estimate of drug-likeness (QED) is 0.842. The van der Waals surface area contributed by atoms with E-state index in [9.17, 15) is 4.79 Å². The van der Waals surface area contributed by atoms with Crippen LogP contribution in [0.25, 0.3) is 0 Å². The Bertz CT molecular complexity index is 484. The Labute approximate surface area is 118 Å². The summed E-state index contributed by atoms with van der Waals surface area (Å²) in [5, 5.41) is 3.26. The molecule has 0 spiro atoms. The number of fused-ring (bicyclic) bond motifs is 1. The van der Waals surface area contributed by atoms with Crippen LogP contribution in [-0.4, -0.2) is 56.7 Å². The third-order valence-electron chi connectivity index (χ3n) is 3.74. The van der Waals surface area contributed by atoms with Crippen LogP contribution in [0.2, 0.25) is 0 Å². The molecule has 1 saturated heterocycles. The number of benzene rings is 1. The number of carbonyl (C=O) groups excluding carboxylic acids is 1. The normalized spacial score (nSPS) is 18.8. The van der Waals surface area contributed by atoms with Crippen molar-refractivity contribution in [2.75, 3.05) is 51.3 Å². The highest BCUT2D eigenvalue weighted by molar-refractivity contribution is 5.97. The molecule has 1 fully saturated rings. The maximum atomic E-state index is 12.2. The Morgan fingerprint density at radius 2 is 2.10 bits per heavy atom. The zero-order chi connectivity index (χ0) is 13.8. The van der Waals surface area contributed by atoms with E-state index in [4.69, 9.17) is 9.47 Å². The van der Waals surface area contributed by atoms with Gasteiger partial charge in [0.2, 0.25) is 0 Å². The van der Waals surface area contributed by atoms with Crippen LogP contribution in [0.1, 0.15) is 16.8 Å². The van der Waals surface area contributed by atoms with Crippen molar-refractivity contribution in [2.45, 2.75) is 6.42 Å². The monoisotopic (exact) mass is 276 g/mol. The molecule has 0 atom stereocenters. The first kappa shape index (κ1) is 13.4. The van der Waals surface area contributed by atoms with Gasteiger partial charge in [0, 0.05) is 38.2 Å². The molecule has 2 heterocycles. The van der Waals surface area contributed by atoms with E-state index in [2.05, 4.69) is 10.2 Å². The number of anilines is 1. The Balaban J connectivity index is 1.59. The molecule has 1 aromatic carbocycles. The highest BCUT2D eigenvalue weighted by Crippen LogP contribution is 2.28. The number of rotatable bonds is 4. The molecule has 0 radical (unpaired) electrons. The van der Waals surface area contributed by atoms with Gasteiger partial charge in [0.1, 0.15) is 12.4 Å². The van der Waals surface area contributed by atoms with Crippen molar-refractivity contribution in [1.29, 1.82) is 0 Å². The van der Waals surface area contributed by atoms with E-state index in [0.29, 0.717) is 13.0 Å². The van der Waals surface area contributed by atoms with Gasteiger partial charge in [-0.2, -0.15) is 0 Å². The molecule has 0 aliphatic carbocycles. The summed E-state index contributed by atoms with van der Waals surface area (Å²) in [5.74, 6) is 1.02. The number of nitrogens with one attached hydrogen (secondary N) is 1. The fourth-order valence-electron chi connectivity index (χ4n) is 2.54. The first-order valence-corrected chi connectivity index (χ1v) is 7.17. The van der Waals surface area contributed by atoms with Crippen molar-refractivity contribution in [3.63, 3.8) is 0 Å². The second-order valence-corrected chi connectivity index (χ2v) is 5.11. The van der Waals surface area contributed by atoms with Crippen LogP contribution >= 0.6 is 0 Å². The lowest BCUT2D eigenvalue weighted by Gasteiger charge is -2.26. The summed E-state index contributed by atoms with van der Waals surface area (Å²) in [4.78, 5) is 14.5. The molecule has 5 nitrogen and oxygen atoms in total. The maximum absolute atomic E-state index is 12.2. The van der Waals surface area contributed by atoms with Gasteiger partial charge in [-0.25, -0.2) is 0 Å². The first-order chi connectivity index (χ1) is 9.83. The molecule has 108 valence electrons. The smallest absolute Gasteiger partial charge is 0.164 e. The average molecular weight is 276 g/mol. The van der Waals surface area contributed by atoms with E-state index in [1.54, 1.807) is 0 Å². The van der Waals surface area contributed by atoms with Crippen LogP contribution in [0, 0.1) is 0 Å². The van der Waals surface area contributed by atoms with Crippen molar-refractivity contribution in [1.82, 2.24) is 4.90 Å². The summed E-state index contributed by atoms with van der Waals surface area (Å²) in [6, 6.07) is 5.63. The molecule has 0 bridgehead atoms. The molecule has 2 aliphatic heterocycles. The highest BCUT2D eigenvalue weighted by atomic mass is 16.5. The van der Waals surface area contributed by atoms with Crippen LogP contribution in [0.3, 0.4) is 0 Å². The second kappa shape index (κ2) is 6.24. The highest BCUT2D eigenvalue weighted by Gasteiger charge is 2.15. The minimum Gasteiger partial charge on any atom is -0.490 e. The number of nitrogens with zero attached hydrogens (tertiary/aromatic N) is 1. The Hall–Kier alpha value is -1.59. The number of Topliss-reactive ketones (excluding diaryl/α,β-unsaturated/α-hetero) is 1. The minimum absolute atomic E-state index is 0.187. The molecule has 0 amide bonds. The summed E-state index contributed by atoms with van der Waals surface area (Å²) in [7, 11) is 0. The van der Waals surface area contributed by atoms with E-state index in [0.717, 1.165) is 56.4 Å². The molecule has 1 N–H and O–H groups in total. The number of hydrogen-bond acceptors (Lipinski definition) is 5. The van der Waals surface area contributed by atoms with Gasteiger partial charge in [-0.05, 0) is 18.2 Å². The molecule has 0 aromatic heterocycles. The summed E-state index contributed by atoms with van der Waals surface area (Å²) in [6.45, 7) is 5.67. The summed E-state index contributed by atoms with van der Waals surface area (Å²) < 4.78 is 10.8. The van der Waals surface area contributed by atoms with E-state index in [1.807, 2.05) is 18.2 Å². The average Bonchev–Trinajstić information content (AvgIpc) is 2.53. The number of morpholine rings is 1. The second-order valence-electron chi connectivity index (χ2n) is 5.11.